The predicted octanol–water partition coefficient (Wildman–Crippen LogP) is 3.08. The van der Waals surface area contributed by atoms with Gasteiger partial charge < -0.3 is 15.1 Å². The lowest BCUT2D eigenvalue weighted by Gasteiger charge is -2.32. The van der Waals surface area contributed by atoms with Crippen molar-refractivity contribution in [3.8, 4) is 0 Å². The molecule has 1 aromatic rings. The topological polar surface area (TPSA) is 18.5 Å². The first-order valence-electron chi connectivity index (χ1n) is 6.87. The molecule has 2 rings (SSSR count). The SMILES string of the molecule is C=C(C)N(C)c1ccc(N2CCNCC2)c(C(F)(F)F)c1. The maximum atomic E-state index is 13.4. The molecule has 0 amide bonds. The van der Waals surface area contributed by atoms with E-state index in [4.69, 9.17) is 0 Å². The minimum absolute atomic E-state index is 0.253. The molecule has 1 aliphatic heterocycles. The van der Waals surface area contributed by atoms with Crippen LogP contribution < -0.4 is 15.1 Å². The zero-order chi connectivity index (χ0) is 15.6. The van der Waals surface area contributed by atoms with Crippen LogP contribution in [0, 0.1) is 0 Å². The summed E-state index contributed by atoms with van der Waals surface area (Å²) in [6, 6.07) is 4.47. The molecule has 0 atom stereocenters. The highest BCUT2D eigenvalue weighted by Crippen LogP contribution is 2.39. The molecule has 1 saturated heterocycles. The Balaban J connectivity index is 2.43. The molecule has 116 valence electrons. The molecule has 0 unspecified atom stereocenters. The molecule has 0 aromatic heterocycles. The minimum Gasteiger partial charge on any atom is -0.368 e. The van der Waals surface area contributed by atoms with Gasteiger partial charge in [0.1, 0.15) is 0 Å². The van der Waals surface area contributed by atoms with E-state index in [1.165, 1.54) is 6.07 Å². The lowest BCUT2D eigenvalue weighted by Crippen LogP contribution is -2.44. The molecule has 0 spiro atoms. The quantitative estimate of drug-likeness (QED) is 0.925. The van der Waals surface area contributed by atoms with E-state index in [1.54, 1.807) is 35.9 Å². The van der Waals surface area contributed by atoms with Gasteiger partial charge in [0, 0.05) is 50.3 Å². The molecule has 0 saturated carbocycles. The highest BCUT2D eigenvalue weighted by molar-refractivity contribution is 5.64. The van der Waals surface area contributed by atoms with E-state index < -0.39 is 11.7 Å². The Morgan fingerprint density at radius 1 is 1.29 bits per heavy atom. The Morgan fingerprint density at radius 3 is 2.43 bits per heavy atom. The van der Waals surface area contributed by atoms with Crippen molar-refractivity contribution in [3.63, 3.8) is 0 Å². The number of allylic oxidation sites excluding steroid dienone is 1. The van der Waals surface area contributed by atoms with Gasteiger partial charge in [-0.25, -0.2) is 0 Å². The van der Waals surface area contributed by atoms with Crippen LogP contribution in [0.15, 0.2) is 30.5 Å². The van der Waals surface area contributed by atoms with E-state index in [0.29, 0.717) is 37.6 Å². The second kappa shape index (κ2) is 5.97. The lowest BCUT2D eigenvalue weighted by molar-refractivity contribution is -0.137. The molecule has 3 nitrogen and oxygen atoms in total. The second-order valence-corrected chi connectivity index (χ2v) is 5.23. The first kappa shape index (κ1) is 15.7. The van der Waals surface area contributed by atoms with Crippen LogP contribution in [0.5, 0.6) is 0 Å². The zero-order valence-corrected chi connectivity index (χ0v) is 12.3. The summed E-state index contributed by atoms with van der Waals surface area (Å²) in [5, 5.41) is 3.14. The van der Waals surface area contributed by atoms with Crippen LogP contribution in [-0.2, 0) is 6.18 Å². The van der Waals surface area contributed by atoms with Crippen molar-refractivity contribution in [2.45, 2.75) is 13.1 Å². The van der Waals surface area contributed by atoms with Gasteiger partial charge in [-0.2, -0.15) is 13.2 Å². The third kappa shape index (κ3) is 3.50. The number of nitrogens with one attached hydrogen (secondary N) is 1. The molecule has 1 aliphatic rings. The van der Waals surface area contributed by atoms with Crippen molar-refractivity contribution in [3.05, 3.63) is 36.0 Å². The summed E-state index contributed by atoms with van der Waals surface area (Å²) < 4.78 is 40.1. The molecule has 0 aliphatic carbocycles. The average Bonchev–Trinajstić information content (AvgIpc) is 2.45. The monoisotopic (exact) mass is 299 g/mol. The third-order valence-corrected chi connectivity index (χ3v) is 3.70. The summed E-state index contributed by atoms with van der Waals surface area (Å²) >= 11 is 0. The summed E-state index contributed by atoms with van der Waals surface area (Å²) in [5.41, 5.74) is 0.852. The standard InChI is InChI=1S/C15H20F3N3/c1-11(2)20(3)12-4-5-14(13(10-12)15(16,17)18)21-8-6-19-7-9-21/h4-5,10,19H,1,6-9H2,2-3H3. The van der Waals surface area contributed by atoms with Gasteiger partial charge in [0.05, 0.1) is 5.56 Å². The third-order valence-electron chi connectivity index (χ3n) is 3.70. The van der Waals surface area contributed by atoms with Gasteiger partial charge in [0.2, 0.25) is 0 Å². The van der Waals surface area contributed by atoms with Crippen molar-refractivity contribution >= 4 is 11.4 Å². The summed E-state index contributed by atoms with van der Waals surface area (Å²) in [5.74, 6) is 0. The largest absolute Gasteiger partial charge is 0.418 e. The second-order valence-electron chi connectivity index (χ2n) is 5.23. The maximum Gasteiger partial charge on any atom is 0.418 e. The predicted molar refractivity (Wildman–Crippen MR) is 79.7 cm³/mol. The van der Waals surface area contributed by atoms with Crippen molar-refractivity contribution in [1.82, 2.24) is 5.32 Å². The zero-order valence-electron chi connectivity index (χ0n) is 12.3. The van der Waals surface area contributed by atoms with E-state index >= 15 is 0 Å². The summed E-state index contributed by atoms with van der Waals surface area (Å²) in [4.78, 5) is 3.43. The first-order chi connectivity index (χ1) is 9.80. The average molecular weight is 299 g/mol. The number of hydrogen-bond donors (Lipinski definition) is 1. The molecule has 0 radical (unpaired) electrons. The van der Waals surface area contributed by atoms with Gasteiger partial charge in [0.15, 0.2) is 0 Å². The number of piperazine rings is 1. The number of nitrogens with zero attached hydrogens (tertiary/aromatic N) is 2. The van der Waals surface area contributed by atoms with Gasteiger partial charge in [0.25, 0.3) is 0 Å². The van der Waals surface area contributed by atoms with Gasteiger partial charge in [-0.3, -0.25) is 0 Å². The summed E-state index contributed by atoms with van der Waals surface area (Å²) in [6.45, 7) is 8.09. The van der Waals surface area contributed by atoms with Crippen LogP contribution in [0.4, 0.5) is 24.5 Å². The number of benzene rings is 1. The summed E-state index contributed by atoms with van der Waals surface area (Å²) in [6.07, 6.45) is -4.37. The van der Waals surface area contributed by atoms with Gasteiger partial charge >= 0.3 is 6.18 Å². The molecule has 1 fully saturated rings. The molecular formula is C15H20F3N3. The summed E-state index contributed by atoms with van der Waals surface area (Å²) in [7, 11) is 1.71. The van der Waals surface area contributed by atoms with Crippen LogP contribution in [0.3, 0.4) is 0 Å². The number of alkyl halides is 3. The fourth-order valence-corrected chi connectivity index (χ4v) is 2.36. The van der Waals surface area contributed by atoms with Crippen LogP contribution in [0.25, 0.3) is 0 Å². The fraction of sp³-hybridized carbons (Fsp3) is 0.467. The molecule has 21 heavy (non-hydrogen) atoms. The molecule has 1 N–H and O–H groups in total. The molecular weight excluding hydrogens is 279 g/mol. The Hall–Kier alpha value is -1.69. The van der Waals surface area contributed by atoms with Gasteiger partial charge in [-0.05, 0) is 25.1 Å². The van der Waals surface area contributed by atoms with Crippen molar-refractivity contribution in [2.24, 2.45) is 0 Å². The Bertz CT molecular complexity index is 519. The van der Waals surface area contributed by atoms with Gasteiger partial charge in [-0.15, -0.1) is 0 Å². The molecule has 0 bridgehead atoms. The lowest BCUT2D eigenvalue weighted by atomic mass is 10.1. The molecule has 6 heteroatoms. The van der Waals surface area contributed by atoms with Crippen molar-refractivity contribution in [1.29, 1.82) is 0 Å². The molecule has 1 aromatic carbocycles. The van der Waals surface area contributed by atoms with Crippen LogP contribution >= 0.6 is 0 Å². The van der Waals surface area contributed by atoms with Crippen LogP contribution in [-0.4, -0.2) is 33.2 Å². The number of rotatable bonds is 3. The van der Waals surface area contributed by atoms with Crippen molar-refractivity contribution in [2.75, 3.05) is 43.0 Å². The van der Waals surface area contributed by atoms with E-state index in [2.05, 4.69) is 11.9 Å². The Morgan fingerprint density at radius 2 is 1.90 bits per heavy atom. The van der Waals surface area contributed by atoms with Crippen LogP contribution in [0.1, 0.15) is 12.5 Å². The fourth-order valence-electron chi connectivity index (χ4n) is 2.36. The van der Waals surface area contributed by atoms with E-state index in [1.807, 2.05) is 0 Å². The van der Waals surface area contributed by atoms with Crippen molar-refractivity contribution < 1.29 is 13.2 Å². The van der Waals surface area contributed by atoms with Gasteiger partial charge in [-0.1, -0.05) is 6.58 Å². The highest BCUT2D eigenvalue weighted by Gasteiger charge is 2.35. The Labute approximate surface area is 123 Å². The number of hydrogen-bond acceptors (Lipinski definition) is 3. The minimum atomic E-state index is -4.37. The van der Waals surface area contributed by atoms with E-state index in [0.717, 1.165) is 0 Å². The van der Waals surface area contributed by atoms with Crippen LogP contribution in [0.2, 0.25) is 0 Å². The first-order valence-corrected chi connectivity index (χ1v) is 6.87. The van der Waals surface area contributed by atoms with E-state index in [-0.39, 0.29) is 5.69 Å². The number of halogens is 3. The smallest absolute Gasteiger partial charge is 0.368 e. The highest BCUT2D eigenvalue weighted by atomic mass is 19.4. The number of anilines is 2. The van der Waals surface area contributed by atoms with E-state index in [9.17, 15) is 13.2 Å². The Kier molecular flexibility index (Phi) is 4.46. The maximum absolute atomic E-state index is 13.4. The molecule has 1 heterocycles. The normalized spacial score (nSPS) is 16.0.